The molecule has 0 bridgehead atoms. The number of carbonyl (C=O) groups excluding carboxylic acids is 1. The molecule has 1 aliphatic rings. The summed E-state index contributed by atoms with van der Waals surface area (Å²) in [5.41, 5.74) is 3.79. The fraction of sp³-hybridized carbons (Fsp3) is 0.286. The number of piperidine rings is 1. The lowest BCUT2D eigenvalue weighted by molar-refractivity contribution is -0.144. The second-order valence-electron chi connectivity index (χ2n) is 9.35. The van der Waals surface area contributed by atoms with E-state index in [-0.39, 0.29) is 34.5 Å². The number of rotatable bonds is 9. The van der Waals surface area contributed by atoms with Crippen molar-refractivity contribution in [3.05, 3.63) is 87.9 Å². The Kier molecular flexibility index (Phi) is 9.10. The molecular weight excluding hydrogens is 561 g/mol. The minimum Gasteiger partial charge on any atom is -0.480 e. The molecule has 0 aromatic heterocycles. The van der Waals surface area contributed by atoms with Crippen LogP contribution < -0.4 is 0 Å². The van der Waals surface area contributed by atoms with E-state index in [9.17, 15) is 23.1 Å². The summed E-state index contributed by atoms with van der Waals surface area (Å²) in [6.45, 7) is 2.05. The van der Waals surface area contributed by atoms with Crippen LogP contribution in [0.2, 0.25) is 10.0 Å². The Balaban J connectivity index is 1.60. The van der Waals surface area contributed by atoms with Crippen LogP contribution in [0.4, 0.5) is 0 Å². The summed E-state index contributed by atoms with van der Waals surface area (Å²) in [6, 6.07) is 18.1. The highest BCUT2D eigenvalue weighted by Crippen LogP contribution is 2.34. The quantitative estimate of drug-likeness (QED) is 0.205. The van der Waals surface area contributed by atoms with Crippen LogP contribution >= 0.6 is 23.2 Å². The summed E-state index contributed by atoms with van der Waals surface area (Å²) in [7, 11) is -4.09. The minimum absolute atomic E-state index is 0.00914. The highest BCUT2D eigenvalue weighted by atomic mass is 35.5. The molecule has 8 nitrogen and oxygen atoms in total. The lowest BCUT2D eigenvalue weighted by atomic mass is 9.95. The second-order valence-corrected chi connectivity index (χ2v) is 12.0. The van der Waals surface area contributed by atoms with E-state index in [2.05, 4.69) is 5.10 Å². The lowest BCUT2D eigenvalue weighted by Gasteiger charge is -2.39. The van der Waals surface area contributed by atoms with E-state index >= 15 is 0 Å². The van der Waals surface area contributed by atoms with Crippen molar-refractivity contribution in [2.75, 3.05) is 13.1 Å². The second kappa shape index (κ2) is 12.3. The molecule has 0 saturated carbocycles. The van der Waals surface area contributed by atoms with Gasteiger partial charge in [-0.1, -0.05) is 82.9 Å². The SMILES string of the molecule is Cc1cc(CC(C(=O)O)N(N=C=O)C2CCCN(S(=O)(=O)c3c(Cl)cccc3Cl)C2)ccc1-c1ccccc1. The third-order valence-corrected chi connectivity index (χ3v) is 9.64. The van der Waals surface area contributed by atoms with Crippen molar-refractivity contribution in [2.45, 2.75) is 43.2 Å². The van der Waals surface area contributed by atoms with Gasteiger partial charge in [-0.2, -0.15) is 4.31 Å². The summed E-state index contributed by atoms with van der Waals surface area (Å²) in [5.74, 6) is -1.19. The third kappa shape index (κ3) is 6.35. The van der Waals surface area contributed by atoms with E-state index in [1.807, 2.05) is 55.5 Å². The Morgan fingerprint density at radius 3 is 2.44 bits per heavy atom. The molecular formula is C28H27Cl2N3O5S. The molecule has 1 N–H and O–H groups in total. The predicted octanol–water partition coefficient (Wildman–Crippen LogP) is 5.37. The topological polar surface area (TPSA) is 107 Å². The normalized spacial score (nSPS) is 16.7. The number of aliphatic carboxylic acids is 1. The Labute approximate surface area is 237 Å². The van der Waals surface area contributed by atoms with Crippen LogP contribution in [0.3, 0.4) is 0 Å². The molecule has 204 valence electrons. The number of carbonyl (C=O) groups is 1. The Bertz CT molecular complexity index is 1490. The van der Waals surface area contributed by atoms with Crippen LogP contribution in [-0.2, 0) is 26.0 Å². The van der Waals surface area contributed by atoms with E-state index < -0.39 is 28.1 Å². The number of hydrazone groups is 1. The van der Waals surface area contributed by atoms with E-state index in [0.717, 1.165) is 22.3 Å². The van der Waals surface area contributed by atoms with Crippen molar-refractivity contribution in [2.24, 2.45) is 5.10 Å². The molecule has 3 aromatic rings. The molecule has 39 heavy (non-hydrogen) atoms. The molecule has 2 atom stereocenters. The number of aryl methyl sites for hydroxylation is 1. The van der Waals surface area contributed by atoms with Gasteiger partial charge < -0.3 is 5.11 Å². The average molecular weight is 589 g/mol. The largest absolute Gasteiger partial charge is 0.480 e. The maximum Gasteiger partial charge on any atom is 0.328 e. The van der Waals surface area contributed by atoms with Crippen molar-refractivity contribution < 1.29 is 23.1 Å². The molecule has 0 radical (unpaired) electrons. The molecule has 2 unspecified atom stereocenters. The predicted molar refractivity (Wildman–Crippen MR) is 150 cm³/mol. The van der Waals surface area contributed by atoms with Gasteiger partial charge >= 0.3 is 5.97 Å². The first-order chi connectivity index (χ1) is 18.6. The van der Waals surface area contributed by atoms with Crippen LogP contribution in [0.25, 0.3) is 11.1 Å². The lowest BCUT2D eigenvalue weighted by Crippen LogP contribution is -2.53. The zero-order valence-corrected chi connectivity index (χ0v) is 23.5. The van der Waals surface area contributed by atoms with E-state index in [0.29, 0.717) is 12.8 Å². The fourth-order valence-corrected chi connectivity index (χ4v) is 7.59. The maximum absolute atomic E-state index is 13.5. The third-order valence-electron chi connectivity index (χ3n) is 6.82. The molecule has 1 saturated heterocycles. The maximum atomic E-state index is 13.5. The van der Waals surface area contributed by atoms with Crippen LogP contribution in [0.1, 0.15) is 24.0 Å². The van der Waals surface area contributed by atoms with Crippen molar-refractivity contribution in [3.63, 3.8) is 0 Å². The summed E-state index contributed by atoms with van der Waals surface area (Å²) in [6.07, 6.45) is 2.37. The van der Waals surface area contributed by atoms with Crippen LogP contribution in [0.15, 0.2) is 76.7 Å². The van der Waals surface area contributed by atoms with Gasteiger partial charge in [-0.25, -0.2) is 18.0 Å². The number of hydrogen-bond acceptors (Lipinski definition) is 6. The number of hydrogen-bond donors (Lipinski definition) is 1. The summed E-state index contributed by atoms with van der Waals surface area (Å²) < 4.78 is 28.1. The smallest absolute Gasteiger partial charge is 0.328 e. The van der Waals surface area contributed by atoms with Gasteiger partial charge in [-0.05, 0) is 54.2 Å². The molecule has 1 fully saturated rings. The van der Waals surface area contributed by atoms with Crippen molar-refractivity contribution >= 4 is 45.3 Å². The van der Waals surface area contributed by atoms with E-state index in [4.69, 9.17) is 23.2 Å². The zero-order valence-electron chi connectivity index (χ0n) is 21.1. The van der Waals surface area contributed by atoms with Gasteiger partial charge in [-0.3, -0.25) is 5.01 Å². The molecule has 3 aromatic carbocycles. The molecule has 4 rings (SSSR count). The van der Waals surface area contributed by atoms with Crippen LogP contribution in [0, 0.1) is 6.92 Å². The summed E-state index contributed by atoms with van der Waals surface area (Å²) >= 11 is 12.4. The number of benzene rings is 3. The number of carboxylic acid groups (broad SMARTS) is 1. The monoisotopic (exact) mass is 587 g/mol. The Morgan fingerprint density at radius 1 is 1.13 bits per heavy atom. The minimum atomic E-state index is -4.09. The van der Waals surface area contributed by atoms with Gasteiger partial charge in [0, 0.05) is 19.5 Å². The number of isocyanates is 1. The van der Waals surface area contributed by atoms with Gasteiger partial charge in [0.2, 0.25) is 10.0 Å². The number of sulfonamides is 1. The fourth-order valence-electron chi connectivity index (χ4n) is 4.98. The van der Waals surface area contributed by atoms with Gasteiger partial charge in [-0.15, -0.1) is 0 Å². The summed E-state index contributed by atoms with van der Waals surface area (Å²) in [5, 5.41) is 15.0. The molecule has 0 aliphatic carbocycles. The first-order valence-electron chi connectivity index (χ1n) is 12.3. The molecule has 1 aliphatic heterocycles. The summed E-state index contributed by atoms with van der Waals surface area (Å²) in [4.78, 5) is 23.6. The number of carboxylic acids is 1. The van der Waals surface area contributed by atoms with Crippen molar-refractivity contribution in [3.8, 4) is 11.1 Å². The van der Waals surface area contributed by atoms with E-state index in [1.165, 1.54) is 27.5 Å². The highest BCUT2D eigenvalue weighted by molar-refractivity contribution is 7.89. The molecule has 0 amide bonds. The molecule has 0 spiro atoms. The van der Waals surface area contributed by atoms with Crippen LogP contribution in [0.5, 0.6) is 0 Å². The van der Waals surface area contributed by atoms with Gasteiger partial charge in [0.05, 0.1) is 16.1 Å². The van der Waals surface area contributed by atoms with Gasteiger partial charge in [0.15, 0.2) is 0 Å². The Hall–Kier alpha value is -3.20. The Morgan fingerprint density at radius 2 is 1.82 bits per heavy atom. The van der Waals surface area contributed by atoms with Crippen LogP contribution in [-0.4, -0.2) is 60.1 Å². The zero-order chi connectivity index (χ0) is 28.2. The average Bonchev–Trinajstić information content (AvgIpc) is 2.91. The number of nitrogens with zero attached hydrogens (tertiary/aromatic N) is 3. The van der Waals surface area contributed by atoms with Crippen molar-refractivity contribution in [1.29, 1.82) is 0 Å². The standard InChI is InChI=1S/C28H27Cl2N3O5S/c1-19-15-20(12-13-23(19)21-7-3-2-4-8-21)16-26(28(35)36)33(31-18-34)22-9-6-14-32(17-22)39(37,38)27-24(29)10-5-11-25(27)30/h2-5,7-8,10-13,15,22,26H,6,9,14,16-17H2,1H3,(H,35,36). The first kappa shape index (κ1) is 28.8. The van der Waals surface area contributed by atoms with E-state index in [1.54, 1.807) is 6.07 Å². The molecule has 11 heteroatoms. The van der Waals surface area contributed by atoms with Crippen molar-refractivity contribution in [1.82, 2.24) is 9.31 Å². The van der Waals surface area contributed by atoms with Gasteiger partial charge in [0.25, 0.3) is 6.08 Å². The highest BCUT2D eigenvalue weighted by Gasteiger charge is 2.38. The molecule has 1 heterocycles. The number of halogens is 2. The first-order valence-corrected chi connectivity index (χ1v) is 14.5. The van der Waals surface area contributed by atoms with Gasteiger partial charge in [0.1, 0.15) is 10.9 Å².